The summed E-state index contributed by atoms with van der Waals surface area (Å²) in [6, 6.07) is 8.64. The number of allylic oxidation sites excluding steroid dienone is 3. The van der Waals surface area contributed by atoms with Crippen LogP contribution in [0.5, 0.6) is 0 Å². The molecule has 0 spiro atoms. The number of fused-ring (bicyclic) bond motifs is 1. The molecule has 0 bridgehead atoms. The Labute approximate surface area is 147 Å². The second-order valence-electron chi connectivity index (χ2n) is 7.18. The van der Waals surface area contributed by atoms with Crippen molar-refractivity contribution in [2.75, 3.05) is 6.61 Å². The zero-order valence-corrected chi connectivity index (χ0v) is 15.9. The van der Waals surface area contributed by atoms with Crippen LogP contribution in [0.4, 0.5) is 0 Å². The van der Waals surface area contributed by atoms with E-state index in [-0.39, 0.29) is 5.78 Å². The van der Waals surface area contributed by atoms with Gasteiger partial charge >= 0.3 is 0 Å². The number of benzene rings is 1. The Kier molecular flexibility index (Phi) is 5.78. The van der Waals surface area contributed by atoms with Gasteiger partial charge in [-0.2, -0.15) is 0 Å². The maximum absolute atomic E-state index is 12.9. The van der Waals surface area contributed by atoms with Crippen molar-refractivity contribution in [3.05, 3.63) is 72.9 Å². The fourth-order valence-corrected chi connectivity index (χ4v) is 6.62. The Morgan fingerprint density at radius 1 is 1.17 bits per heavy atom. The van der Waals surface area contributed by atoms with Gasteiger partial charge in [-0.25, -0.2) is 0 Å². The molecule has 1 aliphatic carbocycles. The summed E-state index contributed by atoms with van der Waals surface area (Å²) in [6.07, 6.45) is 6.53. The molecule has 0 N–H and O–H groups in total. The number of carbonyl (C=O) groups excluding carboxylic acids is 1. The van der Waals surface area contributed by atoms with Crippen LogP contribution >= 0.6 is 0 Å². The summed E-state index contributed by atoms with van der Waals surface area (Å²) in [5, 5.41) is 0. The zero-order valence-electron chi connectivity index (χ0n) is 14.9. The molecule has 24 heavy (non-hydrogen) atoms. The normalized spacial score (nSPS) is 19.8. The average molecular weight is 341 g/mol. The molecule has 0 aliphatic heterocycles. The van der Waals surface area contributed by atoms with Crippen LogP contribution in [-0.2, 0) is 10.8 Å². The van der Waals surface area contributed by atoms with Gasteiger partial charge in [0.1, 0.15) is 0 Å². The van der Waals surface area contributed by atoms with Crippen LogP contribution in [0, 0.1) is 12.3 Å². The van der Waals surface area contributed by atoms with Crippen LogP contribution in [0.1, 0.15) is 28.4 Å². The fourth-order valence-electron chi connectivity index (χ4n) is 3.56. The molecule has 1 aliphatic rings. The summed E-state index contributed by atoms with van der Waals surface area (Å²) in [5.74, 6) is 0.205. The summed E-state index contributed by atoms with van der Waals surface area (Å²) in [7, 11) is -2.06. The lowest BCUT2D eigenvalue weighted by Gasteiger charge is -2.33. The molecule has 1 unspecified atom stereocenters. The van der Waals surface area contributed by atoms with Crippen molar-refractivity contribution in [3.8, 4) is 0 Å². The highest BCUT2D eigenvalue weighted by molar-refractivity contribution is 6.75. The molecule has 0 heterocycles. The van der Waals surface area contributed by atoms with Gasteiger partial charge in [0.25, 0.3) is 0 Å². The quantitative estimate of drug-likeness (QED) is 0.453. The molecule has 128 valence electrons. The van der Waals surface area contributed by atoms with Crippen LogP contribution in [0.2, 0.25) is 18.1 Å². The summed E-state index contributed by atoms with van der Waals surface area (Å²) in [6.45, 7) is 16.2. The Morgan fingerprint density at radius 2 is 1.75 bits per heavy atom. The molecule has 3 heteroatoms. The first kappa shape index (κ1) is 18.6. The maximum Gasteiger partial charge on any atom is 0.203 e. The molecule has 1 aromatic carbocycles. The minimum atomic E-state index is -2.06. The third-order valence-electron chi connectivity index (χ3n) is 4.88. The summed E-state index contributed by atoms with van der Waals surface area (Å²) < 4.78 is 6.47. The van der Waals surface area contributed by atoms with Gasteiger partial charge in [-0.15, -0.1) is 19.7 Å². The van der Waals surface area contributed by atoms with Crippen molar-refractivity contribution in [2.45, 2.75) is 38.4 Å². The predicted molar refractivity (Wildman–Crippen MR) is 104 cm³/mol. The van der Waals surface area contributed by atoms with Crippen molar-refractivity contribution in [1.29, 1.82) is 0 Å². The van der Waals surface area contributed by atoms with E-state index in [0.29, 0.717) is 6.61 Å². The van der Waals surface area contributed by atoms with Crippen molar-refractivity contribution >= 4 is 14.1 Å². The van der Waals surface area contributed by atoms with Gasteiger partial charge in [0.05, 0.1) is 5.41 Å². The molecular weight excluding hydrogens is 312 g/mol. The lowest BCUT2D eigenvalue weighted by molar-refractivity contribution is 0.0739. The fraction of sp³-hybridized carbons (Fsp3) is 0.381. The van der Waals surface area contributed by atoms with E-state index in [1.54, 1.807) is 0 Å². The molecule has 0 saturated heterocycles. The van der Waals surface area contributed by atoms with Crippen molar-refractivity contribution in [3.63, 3.8) is 0 Å². The number of hydrogen-bond acceptors (Lipinski definition) is 2. The molecule has 0 fully saturated rings. The number of rotatable bonds is 9. The van der Waals surface area contributed by atoms with E-state index in [9.17, 15) is 4.79 Å². The molecule has 1 aromatic rings. The summed E-state index contributed by atoms with van der Waals surface area (Å²) in [4.78, 5) is 12.9. The highest BCUT2D eigenvalue weighted by Crippen LogP contribution is 2.39. The van der Waals surface area contributed by atoms with Crippen LogP contribution in [-0.4, -0.2) is 20.7 Å². The van der Waals surface area contributed by atoms with Crippen LogP contribution in [0.3, 0.4) is 0 Å². The van der Waals surface area contributed by atoms with E-state index in [0.717, 1.165) is 35.7 Å². The molecule has 0 saturated carbocycles. The molecule has 1 atom stereocenters. The molecular formula is C21H28O2Si. The van der Waals surface area contributed by atoms with E-state index in [1.807, 2.05) is 37.3 Å². The number of Topliss-reactive ketones (excluding diaryl/α,β-unsaturated/α-hetero) is 1. The van der Waals surface area contributed by atoms with Gasteiger partial charge in [0.15, 0.2) is 5.78 Å². The standard InChI is InChI=1S/C21H28O2Si/c1-6-11-24(12-7-2,13-8-3)23-16-21(5)15-18-14-17(4)9-10-19(18)20(21)22/h6-10,14H,1-3,11-13,15-16H2,4-5H3. The number of hydrogen-bond donors (Lipinski definition) is 0. The lowest BCUT2D eigenvalue weighted by atomic mass is 9.87. The average Bonchev–Trinajstić information content (AvgIpc) is 2.77. The summed E-state index contributed by atoms with van der Waals surface area (Å²) >= 11 is 0. The predicted octanol–water partition coefficient (Wildman–Crippen LogP) is 5.26. The summed E-state index contributed by atoms with van der Waals surface area (Å²) in [5.41, 5.74) is 2.72. The SMILES string of the molecule is C=CC[Si](CC=C)(CC=C)OCC1(C)Cc2cc(C)ccc2C1=O. The molecule has 0 radical (unpaired) electrons. The minimum absolute atomic E-state index is 0.205. The van der Waals surface area contributed by atoms with Gasteiger partial charge in [-0.05, 0) is 44.0 Å². The van der Waals surface area contributed by atoms with Gasteiger partial charge in [0, 0.05) is 12.2 Å². The topological polar surface area (TPSA) is 26.3 Å². The lowest BCUT2D eigenvalue weighted by Crippen LogP contribution is -2.42. The van der Waals surface area contributed by atoms with Crippen LogP contribution < -0.4 is 0 Å². The Balaban J connectivity index is 2.20. The molecule has 2 rings (SSSR count). The first-order valence-corrected chi connectivity index (χ1v) is 11.0. The van der Waals surface area contributed by atoms with Crippen molar-refractivity contribution in [1.82, 2.24) is 0 Å². The van der Waals surface area contributed by atoms with Gasteiger partial charge in [-0.3, -0.25) is 4.79 Å². The highest BCUT2D eigenvalue weighted by atomic mass is 28.4. The number of aryl methyl sites for hydroxylation is 1. The zero-order chi connectivity index (χ0) is 17.8. The maximum atomic E-state index is 12.9. The first-order chi connectivity index (χ1) is 11.4. The Hall–Kier alpha value is -1.71. The van der Waals surface area contributed by atoms with Crippen LogP contribution in [0.25, 0.3) is 0 Å². The van der Waals surface area contributed by atoms with E-state index in [1.165, 1.54) is 5.56 Å². The van der Waals surface area contributed by atoms with Gasteiger partial charge in [-0.1, -0.05) is 42.0 Å². The second-order valence-corrected chi connectivity index (χ2v) is 11.1. The first-order valence-electron chi connectivity index (χ1n) is 8.51. The monoisotopic (exact) mass is 340 g/mol. The van der Waals surface area contributed by atoms with Gasteiger partial charge < -0.3 is 4.43 Å². The largest absolute Gasteiger partial charge is 0.415 e. The third kappa shape index (κ3) is 3.68. The smallest absolute Gasteiger partial charge is 0.203 e. The van der Waals surface area contributed by atoms with Crippen molar-refractivity contribution < 1.29 is 9.22 Å². The Morgan fingerprint density at radius 3 is 2.29 bits per heavy atom. The van der Waals surface area contributed by atoms with Crippen molar-refractivity contribution in [2.24, 2.45) is 5.41 Å². The van der Waals surface area contributed by atoms with Crippen LogP contribution in [0.15, 0.2) is 56.2 Å². The molecule has 0 amide bonds. The highest BCUT2D eigenvalue weighted by Gasteiger charge is 2.44. The Bertz CT molecular complexity index is 635. The molecule has 0 aromatic heterocycles. The van der Waals surface area contributed by atoms with Gasteiger partial charge in [0.2, 0.25) is 8.32 Å². The number of carbonyl (C=O) groups is 1. The van der Waals surface area contributed by atoms with E-state index in [2.05, 4.69) is 32.7 Å². The third-order valence-corrected chi connectivity index (χ3v) is 8.73. The van der Waals surface area contributed by atoms with E-state index < -0.39 is 13.7 Å². The second kappa shape index (κ2) is 7.45. The van der Waals surface area contributed by atoms with E-state index >= 15 is 0 Å². The molecule has 2 nitrogen and oxygen atoms in total. The van der Waals surface area contributed by atoms with E-state index in [4.69, 9.17) is 4.43 Å². The minimum Gasteiger partial charge on any atom is -0.415 e. The number of ketones is 1.